The van der Waals surface area contributed by atoms with Gasteiger partial charge in [0.15, 0.2) is 0 Å². The molecule has 1 rings (SSSR count). The topological polar surface area (TPSA) is 84.9 Å². The van der Waals surface area contributed by atoms with Crippen LogP contribution in [0.3, 0.4) is 0 Å². The fourth-order valence-corrected chi connectivity index (χ4v) is 1.47. The predicted molar refractivity (Wildman–Crippen MR) is 76.7 cm³/mol. The molecular weight excluding hydrogens is 274 g/mol. The molecule has 0 spiro atoms. The van der Waals surface area contributed by atoms with Crippen LogP contribution in [0.4, 0.5) is 0 Å². The average Bonchev–Trinajstić information content (AvgIpc) is 2.48. The molecule has 21 heavy (non-hydrogen) atoms. The van der Waals surface area contributed by atoms with Crippen molar-refractivity contribution >= 4 is 11.9 Å². The number of benzene rings is 1. The van der Waals surface area contributed by atoms with Crippen molar-refractivity contribution in [2.45, 2.75) is 13.5 Å². The first kappa shape index (κ1) is 16.7. The van der Waals surface area contributed by atoms with Crippen LogP contribution in [0, 0.1) is 6.92 Å². The van der Waals surface area contributed by atoms with Gasteiger partial charge in [-0.05, 0) is 24.1 Å². The smallest absolute Gasteiger partial charge is 0.331 e. The first-order valence-corrected chi connectivity index (χ1v) is 6.45. The van der Waals surface area contributed by atoms with Crippen molar-refractivity contribution in [1.29, 1.82) is 0 Å². The minimum absolute atomic E-state index is 0.183. The fraction of sp³-hybridized carbons (Fsp3) is 0.333. The van der Waals surface area contributed by atoms with E-state index in [1.54, 1.807) is 6.07 Å². The Bertz CT molecular complexity index is 525. The summed E-state index contributed by atoms with van der Waals surface area (Å²) in [5, 5.41) is 12.6. The summed E-state index contributed by atoms with van der Waals surface area (Å²) in [5.41, 5.74) is 1.76. The van der Waals surface area contributed by atoms with Crippen LogP contribution >= 0.6 is 0 Å². The molecule has 0 aliphatic carbocycles. The molecule has 0 aromatic heterocycles. The predicted octanol–water partition coefficient (Wildman–Crippen LogP) is 1.06. The van der Waals surface area contributed by atoms with Crippen LogP contribution in [0.1, 0.15) is 11.1 Å². The lowest BCUT2D eigenvalue weighted by atomic mass is 10.1. The molecule has 0 aliphatic heterocycles. The second kappa shape index (κ2) is 8.76. The van der Waals surface area contributed by atoms with E-state index in [1.165, 1.54) is 7.11 Å². The molecule has 0 radical (unpaired) electrons. The van der Waals surface area contributed by atoms with Crippen molar-refractivity contribution in [3.63, 3.8) is 0 Å². The largest absolute Gasteiger partial charge is 0.508 e. The van der Waals surface area contributed by atoms with Crippen LogP contribution < -0.4 is 5.32 Å². The molecule has 0 unspecified atom stereocenters. The van der Waals surface area contributed by atoms with E-state index in [-0.39, 0.29) is 12.4 Å². The van der Waals surface area contributed by atoms with Crippen LogP contribution in [-0.4, -0.2) is 37.3 Å². The van der Waals surface area contributed by atoms with Crippen LogP contribution in [0.15, 0.2) is 30.4 Å². The Morgan fingerprint density at radius 3 is 2.67 bits per heavy atom. The SMILES string of the molecule is COC(=O)C=CC(=O)OCCNCc1ccc(C)c(O)c1. The van der Waals surface area contributed by atoms with Gasteiger partial charge in [0.25, 0.3) is 0 Å². The molecule has 0 saturated carbocycles. The Balaban J connectivity index is 2.19. The van der Waals surface area contributed by atoms with Gasteiger partial charge in [0, 0.05) is 25.2 Å². The lowest BCUT2D eigenvalue weighted by molar-refractivity contribution is -0.139. The number of nitrogens with one attached hydrogen (secondary N) is 1. The van der Waals surface area contributed by atoms with Gasteiger partial charge in [-0.1, -0.05) is 12.1 Å². The summed E-state index contributed by atoms with van der Waals surface area (Å²) in [6.45, 7) is 3.03. The number of aromatic hydroxyl groups is 1. The Kier molecular flexibility index (Phi) is 6.97. The highest BCUT2D eigenvalue weighted by molar-refractivity contribution is 5.91. The minimum Gasteiger partial charge on any atom is -0.508 e. The zero-order valence-electron chi connectivity index (χ0n) is 12.1. The summed E-state index contributed by atoms with van der Waals surface area (Å²) in [4.78, 5) is 22.0. The molecule has 114 valence electrons. The van der Waals surface area contributed by atoms with Gasteiger partial charge in [-0.2, -0.15) is 0 Å². The van der Waals surface area contributed by atoms with Gasteiger partial charge in [-0.3, -0.25) is 0 Å². The lowest BCUT2D eigenvalue weighted by Crippen LogP contribution is -2.20. The third-order valence-electron chi connectivity index (χ3n) is 2.68. The quantitative estimate of drug-likeness (QED) is 0.444. The van der Waals surface area contributed by atoms with Gasteiger partial charge in [0.1, 0.15) is 12.4 Å². The normalized spacial score (nSPS) is 10.6. The molecule has 6 nitrogen and oxygen atoms in total. The Labute approximate surface area is 123 Å². The average molecular weight is 293 g/mol. The van der Waals surface area contributed by atoms with Gasteiger partial charge in [0.2, 0.25) is 0 Å². The summed E-state index contributed by atoms with van der Waals surface area (Å²) in [6, 6.07) is 5.44. The third kappa shape index (κ3) is 6.58. The summed E-state index contributed by atoms with van der Waals surface area (Å²) in [5.74, 6) is -0.951. The molecule has 1 aromatic rings. The molecule has 0 bridgehead atoms. The van der Waals surface area contributed by atoms with Gasteiger partial charge in [-0.25, -0.2) is 9.59 Å². The number of hydrogen-bond donors (Lipinski definition) is 2. The zero-order chi connectivity index (χ0) is 15.7. The van der Waals surface area contributed by atoms with Crippen molar-refractivity contribution in [2.24, 2.45) is 0 Å². The summed E-state index contributed by atoms with van der Waals surface area (Å²) in [6.07, 6.45) is 2.02. The third-order valence-corrected chi connectivity index (χ3v) is 2.68. The van der Waals surface area contributed by atoms with E-state index in [1.807, 2.05) is 19.1 Å². The number of rotatable bonds is 7. The van der Waals surface area contributed by atoms with E-state index in [0.717, 1.165) is 23.3 Å². The van der Waals surface area contributed by atoms with E-state index in [0.29, 0.717) is 13.1 Å². The maximum atomic E-state index is 11.2. The Morgan fingerprint density at radius 2 is 2.00 bits per heavy atom. The van der Waals surface area contributed by atoms with Crippen molar-refractivity contribution in [2.75, 3.05) is 20.3 Å². The molecule has 6 heteroatoms. The number of aryl methyl sites for hydroxylation is 1. The Morgan fingerprint density at radius 1 is 1.29 bits per heavy atom. The molecule has 0 amide bonds. The number of hydrogen-bond acceptors (Lipinski definition) is 6. The number of methoxy groups -OCH3 is 1. The number of phenolic OH excluding ortho intramolecular Hbond substituents is 1. The van der Waals surface area contributed by atoms with Crippen molar-refractivity contribution in [3.8, 4) is 5.75 Å². The lowest BCUT2D eigenvalue weighted by Gasteiger charge is -2.06. The first-order chi connectivity index (χ1) is 10.0. The molecule has 0 saturated heterocycles. The van der Waals surface area contributed by atoms with Gasteiger partial charge in [0.05, 0.1) is 7.11 Å². The van der Waals surface area contributed by atoms with E-state index in [2.05, 4.69) is 10.1 Å². The molecule has 0 atom stereocenters. The van der Waals surface area contributed by atoms with E-state index in [4.69, 9.17) is 4.74 Å². The van der Waals surface area contributed by atoms with E-state index >= 15 is 0 Å². The first-order valence-electron chi connectivity index (χ1n) is 6.45. The number of carbonyl (C=O) groups is 2. The molecule has 1 aromatic carbocycles. The van der Waals surface area contributed by atoms with E-state index < -0.39 is 11.9 Å². The molecule has 0 aliphatic rings. The number of carbonyl (C=O) groups excluding carboxylic acids is 2. The molecule has 0 heterocycles. The second-order valence-corrected chi connectivity index (χ2v) is 4.32. The fourth-order valence-electron chi connectivity index (χ4n) is 1.47. The highest BCUT2D eigenvalue weighted by Gasteiger charge is 2.00. The van der Waals surface area contributed by atoms with E-state index in [9.17, 15) is 14.7 Å². The highest BCUT2D eigenvalue weighted by Crippen LogP contribution is 2.16. The highest BCUT2D eigenvalue weighted by atomic mass is 16.5. The van der Waals surface area contributed by atoms with Crippen molar-refractivity contribution in [3.05, 3.63) is 41.5 Å². The van der Waals surface area contributed by atoms with Crippen LogP contribution in [0.5, 0.6) is 5.75 Å². The van der Waals surface area contributed by atoms with Crippen molar-refractivity contribution in [1.82, 2.24) is 5.32 Å². The summed E-state index contributed by atoms with van der Waals surface area (Å²) in [7, 11) is 1.23. The monoisotopic (exact) mass is 293 g/mol. The molecular formula is C15H19NO5. The second-order valence-electron chi connectivity index (χ2n) is 4.32. The zero-order valence-corrected chi connectivity index (χ0v) is 12.1. The molecule has 0 fully saturated rings. The minimum atomic E-state index is -0.607. The van der Waals surface area contributed by atoms with Gasteiger partial charge in [-0.15, -0.1) is 0 Å². The maximum absolute atomic E-state index is 11.2. The number of esters is 2. The summed E-state index contributed by atoms with van der Waals surface area (Å²) >= 11 is 0. The van der Waals surface area contributed by atoms with Gasteiger partial charge >= 0.3 is 11.9 Å². The Hall–Kier alpha value is -2.34. The van der Waals surface area contributed by atoms with Crippen LogP contribution in [0.2, 0.25) is 0 Å². The van der Waals surface area contributed by atoms with Gasteiger partial charge < -0.3 is 19.9 Å². The number of phenols is 1. The molecule has 2 N–H and O–H groups in total. The van der Waals surface area contributed by atoms with Crippen LogP contribution in [0.25, 0.3) is 0 Å². The number of ether oxygens (including phenoxy) is 2. The maximum Gasteiger partial charge on any atom is 0.331 e. The van der Waals surface area contributed by atoms with Crippen LogP contribution in [-0.2, 0) is 25.6 Å². The standard InChI is InChI=1S/C15H19NO5/c1-11-3-4-12(9-13(11)17)10-16-7-8-21-15(19)6-5-14(18)20-2/h3-6,9,16-17H,7-8,10H2,1-2H3. The van der Waals surface area contributed by atoms with Crippen molar-refractivity contribution < 1.29 is 24.2 Å². The summed E-state index contributed by atoms with van der Waals surface area (Å²) < 4.78 is 9.22.